The topological polar surface area (TPSA) is 35.8 Å². The summed E-state index contributed by atoms with van der Waals surface area (Å²) in [6.07, 6.45) is 2.70. The van der Waals surface area contributed by atoms with E-state index in [9.17, 15) is 9.65 Å². The van der Waals surface area contributed by atoms with Gasteiger partial charge in [-0.05, 0) is 43.2 Å². The lowest BCUT2D eigenvalue weighted by Gasteiger charge is -2.39. The highest BCUT2D eigenvalue weighted by molar-refractivity contribution is 5.49. The Bertz CT molecular complexity index is 454. The molecule has 2 nitrogen and oxygen atoms in total. The highest BCUT2D eigenvalue weighted by atomic mass is 19.1. The summed E-state index contributed by atoms with van der Waals surface area (Å²) < 4.78 is 13.7. The molecule has 1 aromatic carbocycles. The van der Waals surface area contributed by atoms with E-state index >= 15 is 0 Å². The van der Waals surface area contributed by atoms with Crippen LogP contribution in [-0.4, -0.2) is 5.54 Å². The molecule has 2 atom stereocenters. The molecular weight excluding hydrogens is 227 g/mol. The fourth-order valence-electron chi connectivity index (χ4n) is 3.17. The highest BCUT2D eigenvalue weighted by Crippen LogP contribution is 2.38. The van der Waals surface area contributed by atoms with Crippen LogP contribution in [0.25, 0.3) is 0 Å². The first-order valence-corrected chi connectivity index (χ1v) is 6.48. The molecule has 0 heterocycles. The van der Waals surface area contributed by atoms with E-state index in [2.05, 4.69) is 25.2 Å². The zero-order valence-corrected chi connectivity index (χ0v) is 10.9. The molecule has 0 saturated heterocycles. The van der Waals surface area contributed by atoms with E-state index in [4.69, 9.17) is 0 Å². The van der Waals surface area contributed by atoms with E-state index in [1.54, 1.807) is 18.2 Å². The lowest BCUT2D eigenvalue weighted by atomic mass is 9.72. The van der Waals surface area contributed by atoms with Crippen LogP contribution in [0.1, 0.15) is 33.1 Å². The minimum atomic E-state index is -0.626. The maximum absolute atomic E-state index is 13.7. The number of nitriles is 1. The molecule has 0 aliphatic heterocycles. The van der Waals surface area contributed by atoms with Gasteiger partial charge in [-0.3, -0.25) is 0 Å². The summed E-state index contributed by atoms with van der Waals surface area (Å²) in [5.74, 6) is 0.693. The summed E-state index contributed by atoms with van der Waals surface area (Å²) in [6, 6.07) is 8.93. The van der Waals surface area contributed by atoms with Crippen molar-refractivity contribution >= 4 is 5.69 Å². The number of para-hydroxylation sites is 1. The SMILES string of the molecule is CC1CC(C)CC(C#N)(Nc2ccccc2F)C1. The van der Waals surface area contributed by atoms with Crippen molar-refractivity contribution in [2.24, 2.45) is 11.8 Å². The maximum Gasteiger partial charge on any atom is 0.146 e. The monoisotopic (exact) mass is 246 g/mol. The molecule has 1 aromatic rings. The van der Waals surface area contributed by atoms with E-state index in [0.717, 1.165) is 19.3 Å². The van der Waals surface area contributed by atoms with Crippen LogP contribution in [0.5, 0.6) is 0 Å². The van der Waals surface area contributed by atoms with Crippen LogP contribution >= 0.6 is 0 Å². The molecule has 1 N–H and O–H groups in total. The van der Waals surface area contributed by atoms with E-state index in [-0.39, 0.29) is 5.82 Å². The van der Waals surface area contributed by atoms with Gasteiger partial charge in [-0.2, -0.15) is 5.26 Å². The zero-order valence-electron chi connectivity index (χ0n) is 10.9. The molecule has 1 saturated carbocycles. The van der Waals surface area contributed by atoms with Gasteiger partial charge in [-0.25, -0.2) is 4.39 Å². The molecule has 0 radical (unpaired) electrons. The number of nitrogens with one attached hydrogen (secondary N) is 1. The van der Waals surface area contributed by atoms with Crippen LogP contribution in [0.4, 0.5) is 10.1 Å². The number of halogens is 1. The van der Waals surface area contributed by atoms with Crippen LogP contribution in [0.2, 0.25) is 0 Å². The van der Waals surface area contributed by atoms with Gasteiger partial charge in [0, 0.05) is 0 Å². The van der Waals surface area contributed by atoms with E-state index < -0.39 is 5.54 Å². The lowest BCUT2D eigenvalue weighted by Crippen LogP contribution is -2.43. The van der Waals surface area contributed by atoms with Gasteiger partial charge in [0.05, 0.1) is 11.8 Å². The molecule has 96 valence electrons. The lowest BCUT2D eigenvalue weighted by molar-refractivity contribution is 0.240. The maximum atomic E-state index is 13.7. The van der Waals surface area contributed by atoms with Crippen LogP contribution in [0.15, 0.2) is 24.3 Å². The number of hydrogen-bond donors (Lipinski definition) is 1. The van der Waals surface area contributed by atoms with E-state index in [0.29, 0.717) is 17.5 Å². The number of hydrogen-bond acceptors (Lipinski definition) is 2. The first kappa shape index (κ1) is 12.9. The van der Waals surface area contributed by atoms with Crippen molar-refractivity contribution in [1.82, 2.24) is 0 Å². The van der Waals surface area contributed by atoms with Gasteiger partial charge < -0.3 is 5.32 Å². The third kappa shape index (κ3) is 2.64. The van der Waals surface area contributed by atoms with Crippen LogP contribution in [-0.2, 0) is 0 Å². The largest absolute Gasteiger partial charge is 0.365 e. The molecule has 0 amide bonds. The smallest absolute Gasteiger partial charge is 0.146 e. The number of anilines is 1. The Balaban J connectivity index is 2.24. The van der Waals surface area contributed by atoms with Gasteiger partial charge in [0.15, 0.2) is 0 Å². The first-order chi connectivity index (χ1) is 8.54. The number of benzene rings is 1. The van der Waals surface area contributed by atoms with Gasteiger partial charge in [0.2, 0.25) is 0 Å². The molecule has 3 heteroatoms. The molecule has 2 unspecified atom stereocenters. The van der Waals surface area contributed by atoms with Gasteiger partial charge in [0.1, 0.15) is 11.4 Å². The van der Waals surface area contributed by atoms with E-state index in [1.165, 1.54) is 6.07 Å². The summed E-state index contributed by atoms with van der Waals surface area (Å²) in [7, 11) is 0. The van der Waals surface area contributed by atoms with Crippen molar-refractivity contribution in [3.63, 3.8) is 0 Å². The van der Waals surface area contributed by atoms with Crippen LogP contribution in [0, 0.1) is 29.0 Å². The number of nitrogens with zero attached hydrogens (tertiary/aromatic N) is 1. The Morgan fingerprint density at radius 3 is 2.44 bits per heavy atom. The molecule has 0 aromatic heterocycles. The predicted octanol–water partition coefficient (Wildman–Crippen LogP) is 3.96. The minimum absolute atomic E-state index is 0.294. The van der Waals surface area contributed by atoms with Crippen molar-refractivity contribution in [2.75, 3.05) is 5.32 Å². The van der Waals surface area contributed by atoms with Crippen molar-refractivity contribution in [3.05, 3.63) is 30.1 Å². The van der Waals surface area contributed by atoms with Crippen LogP contribution < -0.4 is 5.32 Å². The van der Waals surface area contributed by atoms with Crippen molar-refractivity contribution in [3.8, 4) is 6.07 Å². The molecule has 18 heavy (non-hydrogen) atoms. The Hall–Kier alpha value is -1.56. The zero-order chi connectivity index (χ0) is 13.2. The second-order valence-corrected chi connectivity index (χ2v) is 5.65. The third-order valence-corrected chi connectivity index (χ3v) is 3.66. The van der Waals surface area contributed by atoms with Crippen molar-refractivity contribution in [2.45, 2.75) is 38.6 Å². The molecule has 2 rings (SSSR count). The third-order valence-electron chi connectivity index (χ3n) is 3.66. The fourth-order valence-corrected chi connectivity index (χ4v) is 3.17. The van der Waals surface area contributed by atoms with Crippen LogP contribution in [0.3, 0.4) is 0 Å². The summed E-state index contributed by atoms with van der Waals surface area (Å²) in [5, 5.41) is 12.6. The average Bonchev–Trinajstić information content (AvgIpc) is 2.31. The van der Waals surface area contributed by atoms with Gasteiger partial charge >= 0.3 is 0 Å². The van der Waals surface area contributed by atoms with Gasteiger partial charge in [-0.1, -0.05) is 26.0 Å². The quantitative estimate of drug-likeness (QED) is 0.857. The minimum Gasteiger partial charge on any atom is -0.365 e. The molecule has 1 aliphatic carbocycles. The Labute approximate surface area is 108 Å². The highest BCUT2D eigenvalue weighted by Gasteiger charge is 2.38. The molecule has 1 aliphatic rings. The van der Waals surface area contributed by atoms with E-state index in [1.807, 2.05) is 0 Å². The predicted molar refractivity (Wildman–Crippen MR) is 70.5 cm³/mol. The fraction of sp³-hybridized carbons (Fsp3) is 0.533. The Morgan fingerprint density at radius 2 is 1.89 bits per heavy atom. The molecule has 0 bridgehead atoms. The van der Waals surface area contributed by atoms with Crippen molar-refractivity contribution < 1.29 is 4.39 Å². The van der Waals surface area contributed by atoms with Crippen molar-refractivity contribution in [1.29, 1.82) is 5.26 Å². The second-order valence-electron chi connectivity index (χ2n) is 5.65. The Morgan fingerprint density at radius 1 is 1.28 bits per heavy atom. The molecule has 1 fully saturated rings. The average molecular weight is 246 g/mol. The second kappa shape index (κ2) is 4.97. The first-order valence-electron chi connectivity index (χ1n) is 6.48. The van der Waals surface area contributed by atoms with Gasteiger partial charge in [-0.15, -0.1) is 0 Å². The summed E-state index contributed by atoms with van der Waals surface area (Å²) in [4.78, 5) is 0. The summed E-state index contributed by atoms with van der Waals surface area (Å²) in [5.41, 5.74) is -0.195. The standard InChI is InChI=1S/C15H19FN2/c1-11-7-12(2)9-15(8-11,10-17)18-14-6-4-3-5-13(14)16/h3-6,11-12,18H,7-9H2,1-2H3. The van der Waals surface area contributed by atoms with Gasteiger partial charge in [0.25, 0.3) is 0 Å². The summed E-state index contributed by atoms with van der Waals surface area (Å²) >= 11 is 0. The summed E-state index contributed by atoms with van der Waals surface area (Å²) in [6.45, 7) is 4.32. The normalized spacial score (nSPS) is 31.7. The molecule has 0 spiro atoms. The molecular formula is C15H19FN2. The Kier molecular flexibility index (Phi) is 3.56. The number of rotatable bonds is 2.